The third kappa shape index (κ3) is 10.5. The molecule has 268 valence electrons. The lowest BCUT2D eigenvalue weighted by molar-refractivity contribution is -0.126. The van der Waals surface area contributed by atoms with Crippen LogP contribution in [0.15, 0.2) is 103 Å². The van der Waals surface area contributed by atoms with Crippen molar-refractivity contribution in [1.29, 1.82) is 0 Å². The number of Topliss-reactive ketones (excluding diaryl/α,β-unsaturated/α-hetero) is 1. The van der Waals surface area contributed by atoms with Crippen LogP contribution in [0.1, 0.15) is 65.6 Å². The van der Waals surface area contributed by atoms with E-state index >= 15 is 0 Å². The number of aryl methyl sites for hydroxylation is 2. The molecule has 0 saturated heterocycles. The summed E-state index contributed by atoms with van der Waals surface area (Å²) in [7, 11) is 4.39. The second-order valence-electron chi connectivity index (χ2n) is 13.4. The van der Waals surface area contributed by atoms with Gasteiger partial charge in [-0.15, -0.1) is 0 Å². The van der Waals surface area contributed by atoms with Crippen molar-refractivity contribution in [3.63, 3.8) is 0 Å². The summed E-state index contributed by atoms with van der Waals surface area (Å²) >= 11 is 0. The van der Waals surface area contributed by atoms with Crippen LogP contribution in [0, 0.1) is 11.8 Å². The number of methoxy groups -OCH3 is 3. The van der Waals surface area contributed by atoms with E-state index in [1.807, 2.05) is 30.3 Å². The summed E-state index contributed by atoms with van der Waals surface area (Å²) in [6, 6.07) is 33.5. The van der Waals surface area contributed by atoms with E-state index in [0.717, 1.165) is 44.9 Å². The molecule has 0 aliphatic heterocycles. The fraction of sp³-hybridized carbons (Fsp3) is 0.372. The summed E-state index contributed by atoms with van der Waals surface area (Å²) in [5.74, 6) is -0.995. The largest absolute Gasteiger partial charge is 0.493 e. The molecular formula is C43H50N2O6. The quantitative estimate of drug-likeness (QED) is 0.0848. The Morgan fingerprint density at radius 1 is 0.686 bits per heavy atom. The standard InChI is InChI=1S/C43H50N2O6/c1-49-38-28-34(29-39(50-2)41(38)51-3)40(46)43(48)45-37-27-33(25-32-19-11-6-12-20-32)26-36(37)42(47)44-35(23-13-21-30-15-7-4-8-16-30)24-14-22-31-17-9-5-10-18-31/h4-12,15-20,28-29,33,35-37H,13-14,21-27H2,1-3H3,(H,44,47)(H,45,48)/t33-,36+,37+/m0/s1. The van der Waals surface area contributed by atoms with Crippen molar-refractivity contribution in [3.8, 4) is 17.2 Å². The molecule has 3 atom stereocenters. The molecule has 1 saturated carbocycles. The van der Waals surface area contributed by atoms with Crippen LogP contribution in [-0.2, 0) is 28.9 Å². The van der Waals surface area contributed by atoms with Crippen molar-refractivity contribution >= 4 is 17.6 Å². The van der Waals surface area contributed by atoms with Gasteiger partial charge in [0.15, 0.2) is 11.5 Å². The van der Waals surface area contributed by atoms with E-state index in [1.165, 1.54) is 50.2 Å². The molecule has 0 heterocycles. The van der Waals surface area contributed by atoms with Gasteiger partial charge in [0, 0.05) is 17.6 Å². The third-order valence-corrected chi connectivity index (χ3v) is 9.88. The summed E-state index contributed by atoms with van der Waals surface area (Å²) < 4.78 is 16.2. The highest BCUT2D eigenvalue weighted by Gasteiger charge is 2.41. The normalized spacial score (nSPS) is 16.7. The first-order valence-corrected chi connectivity index (χ1v) is 18.0. The second kappa shape index (κ2) is 18.8. The smallest absolute Gasteiger partial charge is 0.292 e. The Morgan fingerprint density at radius 3 is 1.69 bits per heavy atom. The number of carbonyl (C=O) groups excluding carboxylic acids is 3. The molecule has 2 amide bonds. The molecule has 0 bridgehead atoms. The topological polar surface area (TPSA) is 103 Å². The molecule has 8 nitrogen and oxygen atoms in total. The number of carbonyl (C=O) groups is 3. The molecule has 1 aliphatic rings. The Bertz CT molecular complexity index is 1640. The van der Waals surface area contributed by atoms with Crippen molar-refractivity contribution in [2.24, 2.45) is 11.8 Å². The molecule has 2 N–H and O–H groups in total. The molecule has 5 rings (SSSR count). The average molecular weight is 691 g/mol. The first-order valence-electron chi connectivity index (χ1n) is 18.0. The minimum Gasteiger partial charge on any atom is -0.493 e. The molecule has 1 aliphatic carbocycles. The Balaban J connectivity index is 1.31. The highest BCUT2D eigenvalue weighted by Crippen LogP contribution is 2.39. The van der Waals surface area contributed by atoms with Crippen LogP contribution in [0.3, 0.4) is 0 Å². The Labute approximate surface area is 301 Å². The summed E-state index contributed by atoms with van der Waals surface area (Å²) in [6.07, 6.45) is 7.48. The van der Waals surface area contributed by atoms with E-state index in [4.69, 9.17) is 14.2 Å². The van der Waals surface area contributed by atoms with Crippen LogP contribution in [0.5, 0.6) is 17.2 Å². The van der Waals surface area contributed by atoms with Crippen LogP contribution in [0.4, 0.5) is 0 Å². The van der Waals surface area contributed by atoms with Crippen LogP contribution >= 0.6 is 0 Å². The lowest BCUT2D eigenvalue weighted by atomic mass is 9.95. The Hall–Kier alpha value is -5.11. The third-order valence-electron chi connectivity index (χ3n) is 9.88. The van der Waals surface area contributed by atoms with E-state index in [-0.39, 0.29) is 34.9 Å². The number of nitrogens with one attached hydrogen (secondary N) is 2. The molecule has 4 aromatic carbocycles. The van der Waals surface area contributed by atoms with E-state index in [0.29, 0.717) is 18.6 Å². The predicted molar refractivity (Wildman–Crippen MR) is 199 cm³/mol. The van der Waals surface area contributed by atoms with Crippen molar-refractivity contribution < 1.29 is 28.6 Å². The zero-order valence-electron chi connectivity index (χ0n) is 29.9. The highest BCUT2D eigenvalue weighted by molar-refractivity contribution is 6.43. The van der Waals surface area contributed by atoms with E-state index in [2.05, 4.69) is 71.3 Å². The molecule has 4 aromatic rings. The van der Waals surface area contributed by atoms with Crippen molar-refractivity contribution in [1.82, 2.24) is 10.6 Å². The lowest BCUT2D eigenvalue weighted by Crippen LogP contribution is -2.48. The van der Waals surface area contributed by atoms with Gasteiger partial charge in [-0.05, 0) is 92.5 Å². The maximum absolute atomic E-state index is 14.2. The molecular weight excluding hydrogens is 640 g/mol. The lowest BCUT2D eigenvalue weighted by Gasteiger charge is -2.25. The van der Waals surface area contributed by atoms with Crippen LogP contribution in [0.25, 0.3) is 0 Å². The number of amides is 2. The van der Waals surface area contributed by atoms with E-state index in [1.54, 1.807) is 0 Å². The van der Waals surface area contributed by atoms with Gasteiger partial charge < -0.3 is 24.8 Å². The monoisotopic (exact) mass is 690 g/mol. The molecule has 0 aromatic heterocycles. The Morgan fingerprint density at radius 2 is 1.20 bits per heavy atom. The van der Waals surface area contributed by atoms with Crippen molar-refractivity contribution in [3.05, 3.63) is 125 Å². The summed E-state index contributed by atoms with van der Waals surface area (Å²) in [5, 5.41) is 6.37. The summed E-state index contributed by atoms with van der Waals surface area (Å²) in [5.41, 5.74) is 3.86. The zero-order valence-corrected chi connectivity index (χ0v) is 29.9. The van der Waals surface area contributed by atoms with Gasteiger partial charge >= 0.3 is 0 Å². The first-order chi connectivity index (χ1) is 24.9. The maximum Gasteiger partial charge on any atom is 0.292 e. The number of hydrogen-bond donors (Lipinski definition) is 2. The fourth-order valence-corrected chi connectivity index (χ4v) is 7.27. The second-order valence-corrected chi connectivity index (χ2v) is 13.4. The SMILES string of the molecule is COc1cc(C(=O)C(=O)N[C@@H]2C[C@@H](Cc3ccccc3)C[C@H]2C(=O)NC(CCCc2ccccc2)CCCc2ccccc2)cc(OC)c1OC. The van der Waals surface area contributed by atoms with Crippen LogP contribution < -0.4 is 24.8 Å². The van der Waals surface area contributed by atoms with Gasteiger partial charge in [0.2, 0.25) is 17.4 Å². The van der Waals surface area contributed by atoms with Gasteiger partial charge in [-0.2, -0.15) is 0 Å². The van der Waals surface area contributed by atoms with Gasteiger partial charge in [0.25, 0.3) is 5.91 Å². The molecule has 1 fully saturated rings. The first kappa shape index (κ1) is 37.2. The van der Waals surface area contributed by atoms with Gasteiger partial charge in [-0.3, -0.25) is 14.4 Å². The maximum atomic E-state index is 14.2. The molecule has 0 radical (unpaired) electrons. The molecule has 0 unspecified atom stereocenters. The molecule has 51 heavy (non-hydrogen) atoms. The summed E-state index contributed by atoms with van der Waals surface area (Å²) in [6.45, 7) is 0. The number of benzene rings is 4. The highest BCUT2D eigenvalue weighted by atomic mass is 16.5. The number of ether oxygens (including phenoxy) is 3. The molecule has 8 heteroatoms. The van der Waals surface area contributed by atoms with Gasteiger partial charge in [0.05, 0.1) is 27.2 Å². The van der Waals surface area contributed by atoms with Gasteiger partial charge in [-0.1, -0.05) is 91.0 Å². The van der Waals surface area contributed by atoms with Crippen molar-refractivity contribution in [2.45, 2.75) is 69.9 Å². The van der Waals surface area contributed by atoms with Crippen molar-refractivity contribution in [2.75, 3.05) is 21.3 Å². The number of hydrogen-bond acceptors (Lipinski definition) is 6. The molecule has 0 spiro atoms. The van der Waals surface area contributed by atoms with E-state index in [9.17, 15) is 14.4 Å². The predicted octanol–water partition coefficient (Wildman–Crippen LogP) is 7.18. The van der Waals surface area contributed by atoms with Crippen LogP contribution in [-0.4, -0.2) is 51.0 Å². The minimum atomic E-state index is -0.769. The average Bonchev–Trinajstić information content (AvgIpc) is 3.56. The van der Waals surface area contributed by atoms with E-state index < -0.39 is 23.7 Å². The summed E-state index contributed by atoms with van der Waals surface area (Å²) in [4.78, 5) is 41.3. The van der Waals surface area contributed by atoms with Crippen LogP contribution in [0.2, 0.25) is 0 Å². The van der Waals surface area contributed by atoms with Gasteiger partial charge in [-0.25, -0.2) is 0 Å². The Kier molecular flexibility index (Phi) is 13.7. The number of rotatable bonds is 18. The zero-order chi connectivity index (χ0) is 36.0. The fourth-order valence-electron chi connectivity index (χ4n) is 7.27. The minimum absolute atomic E-state index is 0.00434. The number of ketones is 1. The van der Waals surface area contributed by atoms with Gasteiger partial charge in [0.1, 0.15) is 0 Å².